The number of aromatic hydroxyl groups is 1. The number of hydrogen-bond acceptors (Lipinski definition) is 5. The first-order valence-electron chi connectivity index (χ1n) is 7.53. The number of rotatable bonds is 4. The van der Waals surface area contributed by atoms with Gasteiger partial charge < -0.3 is 10.4 Å². The molecule has 1 aliphatic rings. The van der Waals surface area contributed by atoms with Crippen LogP contribution in [0.1, 0.15) is 5.56 Å². The van der Waals surface area contributed by atoms with Crippen molar-refractivity contribution in [2.24, 2.45) is 0 Å². The molecule has 2 aromatic rings. The predicted molar refractivity (Wildman–Crippen MR) is 101 cm³/mol. The number of halogens is 1. The van der Waals surface area contributed by atoms with E-state index in [0.717, 1.165) is 16.7 Å². The summed E-state index contributed by atoms with van der Waals surface area (Å²) in [6, 6.07) is 12.9. The molecule has 0 bridgehead atoms. The number of thioether (sulfide) groups is 1. The molecule has 1 heterocycles. The lowest BCUT2D eigenvalue weighted by Crippen LogP contribution is -2.36. The highest BCUT2D eigenvalue weighted by atomic mass is 35.5. The molecule has 0 aliphatic carbocycles. The number of para-hydroxylation sites is 1. The number of benzene rings is 2. The lowest BCUT2D eigenvalue weighted by Gasteiger charge is -2.13. The van der Waals surface area contributed by atoms with Crippen molar-refractivity contribution in [1.82, 2.24) is 4.90 Å². The fourth-order valence-electron chi connectivity index (χ4n) is 2.25. The van der Waals surface area contributed by atoms with E-state index < -0.39 is 23.6 Å². The molecule has 0 saturated carbocycles. The number of anilines is 1. The van der Waals surface area contributed by atoms with Crippen LogP contribution in [0.25, 0.3) is 6.08 Å². The van der Waals surface area contributed by atoms with Crippen LogP contribution in [0.4, 0.5) is 10.5 Å². The van der Waals surface area contributed by atoms with Crippen LogP contribution in [-0.2, 0) is 9.59 Å². The number of amides is 3. The number of phenolic OH excluding ortho intramolecular Hbond substituents is 1. The molecule has 0 aromatic heterocycles. The molecular weight excluding hydrogens is 376 g/mol. The second kappa shape index (κ2) is 7.63. The lowest BCUT2D eigenvalue weighted by atomic mass is 10.2. The van der Waals surface area contributed by atoms with Crippen LogP contribution in [-0.4, -0.2) is 33.6 Å². The first kappa shape index (κ1) is 18.0. The normalized spacial score (nSPS) is 15.6. The predicted octanol–water partition coefficient (Wildman–Crippen LogP) is 3.72. The fourth-order valence-corrected chi connectivity index (χ4v) is 3.28. The van der Waals surface area contributed by atoms with Crippen molar-refractivity contribution in [3.05, 3.63) is 64.0 Å². The van der Waals surface area contributed by atoms with E-state index in [9.17, 15) is 19.5 Å². The standard InChI is InChI=1S/C18H13ClN2O4S/c19-13-3-1-2-4-14(13)20-16(23)10-21-17(24)15(26-18(21)25)9-11-5-7-12(22)8-6-11/h1-9,22H,10H2,(H,20,23)/b15-9+. The first-order chi connectivity index (χ1) is 12.4. The van der Waals surface area contributed by atoms with E-state index in [4.69, 9.17) is 11.6 Å². The molecule has 0 atom stereocenters. The zero-order valence-corrected chi connectivity index (χ0v) is 14.9. The van der Waals surface area contributed by atoms with Gasteiger partial charge in [-0.25, -0.2) is 0 Å². The molecule has 6 nitrogen and oxygen atoms in total. The highest BCUT2D eigenvalue weighted by molar-refractivity contribution is 8.18. The van der Waals surface area contributed by atoms with Crippen LogP contribution in [0.2, 0.25) is 5.02 Å². The summed E-state index contributed by atoms with van der Waals surface area (Å²) in [4.78, 5) is 37.7. The fraction of sp³-hybridized carbons (Fsp3) is 0.0556. The van der Waals surface area contributed by atoms with Crippen LogP contribution >= 0.6 is 23.4 Å². The molecule has 3 amide bonds. The zero-order chi connectivity index (χ0) is 18.7. The van der Waals surface area contributed by atoms with E-state index in [1.165, 1.54) is 18.2 Å². The molecule has 1 aliphatic heterocycles. The number of phenols is 1. The van der Waals surface area contributed by atoms with Crippen molar-refractivity contribution < 1.29 is 19.5 Å². The van der Waals surface area contributed by atoms with Crippen molar-refractivity contribution in [2.45, 2.75) is 0 Å². The van der Waals surface area contributed by atoms with E-state index >= 15 is 0 Å². The summed E-state index contributed by atoms with van der Waals surface area (Å²) in [6.07, 6.45) is 1.54. The Balaban J connectivity index is 1.70. The molecule has 3 rings (SSSR count). The minimum absolute atomic E-state index is 0.103. The van der Waals surface area contributed by atoms with Gasteiger partial charge in [-0.3, -0.25) is 19.3 Å². The van der Waals surface area contributed by atoms with Crippen molar-refractivity contribution in [3.8, 4) is 5.75 Å². The highest BCUT2D eigenvalue weighted by Gasteiger charge is 2.36. The number of imide groups is 1. The Morgan fingerprint density at radius 1 is 1.15 bits per heavy atom. The minimum Gasteiger partial charge on any atom is -0.508 e. The molecule has 2 aromatic carbocycles. The smallest absolute Gasteiger partial charge is 0.294 e. The quantitative estimate of drug-likeness (QED) is 0.779. The van der Waals surface area contributed by atoms with Gasteiger partial charge in [0.2, 0.25) is 5.91 Å². The second-order valence-corrected chi connectivity index (χ2v) is 6.79. The molecule has 132 valence electrons. The van der Waals surface area contributed by atoms with Crippen LogP contribution in [0.5, 0.6) is 5.75 Å². The highest BCUT2D eigenvalue weighted by Crippen LogP contribution is 2.32. The Bertz CT molecular complexity index is 912. The van der Waals surface area contributed by atoms with Gasteiger partial charge in [-0.05, 0) is 47.7 Å². The maximum atomic E-state index is 12.4. The molecular formula is C18H13ClN2O4S. The molecule has 1 saturated heterocycles. The number of hydrogen-bond donors (Lipinski definition) is 2. The van der Waals surface area contributed by atoms with E-state index in [-0.39, 0.29) is 10.7 Å². The summed E-state index contributed by atoms with van der Waals surface area (Å²) in [7, 11) is 0. The molecule has 0 unspecified atom stereocenters. The van der Waals surface area contributed by atoms with Crippen molar-refractivity contribution in [2.75, 3.05) is 11.9 Å². The molecule has 0 spiro atoms. The molecule has 26 heavy (non-hydrogen) atoms. The van der Waals surface area contributed by atoms with Crippen molar-refractivity contribution >= 4 is 52.2 Å². The Hall–Kier alpha value is -2.77. The lowest BCUT2D eigenvalue weighted by molar-refractivity contribution is -0.127. The van der Waals surface area contributed by atoms with E-state index in [2.05, 4.69) is 5.32 Å². The van der Waals surface area contributed by atoms with Gasteiger partial charge in [0.05, 0.1) is 15.6 Å². The summed E-state index contributed by atoms with van der Waals surface area (Å²) in [6.45, 7) is -0.400. The van der Waals surface area contributed by atoms with Crippen LogP contribution < -0.4 is 5.32 Å². The van der Waals surface area contributed by atoms with Gasteiger partial charge in [0.15, 0.2) is 0 Å². The third kappa shape index (κ3) is 4.07. The van der Waals surface area contributed by atoms with Gasteiger partial charge in [0.25, 0.3) is 11.1 Å². The third-order valence-corrected chi connectivity index (χ3v) is 4.75. The van der Waals surface area contributed by atoms with E-state index in [1.807, 2.05) is 0 Å². The Labute approximate surface area is 158 Å². The van der Waals surface area contributed by atoms with Gasteiger partial charge in [-0.15, -0.1) is 0 Å². The van der Waals surface area contributed by atoms with Gasteiger partial charge in [-0.1, -0.05) is 35.9 Å². The topological polar surface area (TPSA) is 86.7 Å². The molecule has 0 radical (unpaired) electrons. The van der Waals surface area contributed by atoms with Gasteiger partial charge >= 0.3 is 0 Å². The first-order valence-corrected chi connectivity index (χ1v) is 8.72. The van der Waals surface area contributed by atoms with Gasteiger partial charge in [-0.2, -0.15) is 0 Å². The summed E-state index contributed by atoms with van der Waals surface area (Å²) in [5, 5.41) is 11.7. The number of carbonyl (C=O) groups excluding carboxylic acids is 3. The number of nitrogens with one attached hydrogen (secondary N) is 1. The maximum Gasteiger partial charge on any atom is 0.294 e. The van der Waals surface area contributed by atoms with Crippen LogP contribution in [0, 0.1) is 0 Å². The van der Waals surface area contributed by atoms with Crippen molar-refractivity contribution in [1.29, 1.82) is 0 Å². The SMILES string of the molecule is O=C(CN1C(=O)S/C(=C/c2ccc(O)cc2)C1=O)Nc1ccccc1Cl. The summed E-state index contributed by atoms with van der Waals surface area (Å²) >= 11 is 6.74. The Morgan fingerprint density at radius 2 is 1.85 bits per heavy atom. The molecule has 1 fully saturated rings. The summed E-state index contributed by atoms with van der Waals surface area (Å²) in [5.74, 6) is -0.958. The maximum absolute atomic E-state index is 12.4. The second-order valence-electron chi connectivity index (χ2n) is 5.39. The minimum atomic E-state index is -0.539. The molecule has 2 N–H and O–H groups in total. The van der Waals surface area contributed by atoms with Crippen LogP contribution in [0.15, 0.2) is 53.4 Å². The summed E-state index contributed by atoms with van der Waals surface area (Å²) < 4.78 is 0. The van der Waals surface area contributed by atoms with Gasteiger partial charge in [0, 0.05) is 0 Å². The third-order valence-electron chi connectivity index (χ3n) is 3.51. The van der Waals surface area contributed by atoms with Crippen LogP contribution in [0.3, 0.4) is 0 Å². The average Bonchev–Trinajstić information content (AvgIpc) is 2.86. The van der Waals surface area contributed by atoms with E-state index in [0.29, 0.717) is 16.3 Å². The van der Waals surface area contributed by atoms with Gasteiger partial charge in [0.1, 0.15) is 12.3 Å². The zero-order valence-electron chi connectivity index (χ0n) is 13.3. The van der Waals surface area contributed by atoms with E-state index in [1.54, 1.807) is 36.4 Å². The molecule has 8 heteroatoms. The monoisotopic (exact) mass is 388 g/mol. The summed E-state index contributed by atoms with van der Waals surface area (Å²) in [5.41, 5.74) is 1.07. The van der Waals surface area contributed by atoms with Crippen molar-refractivity contribution in [3.63, 3.8) is 0 Å². The average molecular weight is 389 g/mol. The largest absolute Gasteiger partial charge is 0.508 e. The number of nitrogens with zero attached hydrogens (tertiary/aromatic N) is 1. The Kier molecular flexibility index (Phi) is 5.29. The Morgan fingerprint density at radius 3 is 2.54 bits per heavy atom. The number of carbonyl (C=O) groups is 3.